The zero-order chi connectivity index (χ0) is 9.90. The third kappa shape index (κ3) is 3.02. The van der Waals surface area contributed by atoms with Gasteiger partial charge in [-0.3, -0.25) is 4.90 Å². The summed E-state index contributed by atoms with van der Waals surface area (Å²) in [5.41, 5.74) is 0.233. The number of rotatable bonds is 1. The topological polar surface area (TPSA) is 12.5 Å². The quantitative estimate of drug-likeness (QED) is 0.569. The van der Waals surface area contributed by atoms with Gasteiger partial charge in [-0.25, -0.2) is 0 Å². The zero-order valence-corrected chi connectivity index (χ0v) is 8.84. The molecule has 74 valence electrons. The van der Waals surface area contributed by atoms with Gasteiger partial charge in [0.25, 0.3) is 0 Å². The molecule has 0 N–H and O–H groups in total. The van der Waals surface area contributed by atoms with E-state index in [1.807, 2.05) is 0 Å². The first-order chi connectivity index (χ1) is 6.04. The summed E-state index contributed by atoms with van der Waals surface area (Å²) in [6.07, 6.45) is 6.23. The first-order valence-electron chi connectivity index (χ1n) is 4.84. The van der Waals surface area contributed by atoms with Crippen molar-refractivity contribution in [2.75, 3.05) is 19.7 Å². The standard InChI is InChI=1S/C11H19NO/c1-5-6-10-9-12(7-8-13-10)11(2,3)4/h1,10H,6-9H2,2-4H3. The molecule has 1 rings (SSSR count). The molecule has 0 amide bonds. The Morgan fingerprint density at radius 1 is 1.54 bits per heavy atom. The summed E-state index contributed by atoms with van der Waals surface area (Å²) in [7, 11) is 0. The molecule has 0 spiro atoms. The van der Waals surface area contributed by atoms with Crippen LogP contribution in [-0.2, 0) is 4.74 Å². The maximum absolute atomic E-state index is 5.56. The monoisotopic (exact) mass is 181 g/mol. The highest BCUT2D eigenvalue weighted by atomic mass is 16.5. The molecular formula is C11H19NO. The zero-order valence-electron chi connectivity index (χ0n) is 8.84. The lowest BCUT2D eigenvalue weighted by Crippen LogP contribution is -2.51. The maximum Gasteiger partial charge on any atom is 0.0811 e. The van der Waals surface area contributed by atoms with Gasteiger partial charge in [-0.1, -0.05) is 0 Å². The van der Waals surface area contributed by atoms with Gasteiger partial charge >= 0.3 is 0 Å². The first-order valence-corrected chi connectivity index (χ1v) is 4.84. The van der Waals surface area contributed by atoms with E-state index in [1.165, 1.54) is 0 Å². The summed E-state index contributed by atoms with van der Waals surface area (Å²) in [5, 5.41) is 0. The fourth-order valence-corrected chi connectivity index (χ4v) is 1.58. The second kappa shape index (κ2) is 4.13. The predicted molar refractivity (Wildman–Crippen MR) is 54.5 cm³/mol. The summed E-state index contributed by atoms with van der Waals surface area (Å²) >= 11 is 0. The summed E-state index contributed by atoms with van der Waals surface area (Å²) < 4.78 is 5.56. The summed E-state index contributed by atoms with van der Waals surface area (Å²) in [6.45, 7) is 9.48. The van der Waals surface area contributed by atoms with Gasteiger partial charge in [0, 0.05) is 25.0 Å². The van der Waals surface area contributed by atoms with Gasteiger partial charge in [0.05, 0.1) is 12.7 Å². The molecule has 0 bridgehead atoms. The van der Waals surface area contributed by atoms with Crippen LogP contribution in [0.2, 0.25) is 0 Å². The highest BCUT2D eigenvalue weighted by Gasteiger charge is 2.27. The van der Waals surface area contributed by atoms with Gasteiger partial charge in [0.1, 0.15) is 0 Å². The van der Waals surface area contributed by atoms with Crippen LogP contribution in [0.15, 0.2) is 0 Å². The Labute approximate surface area is 81.3 Å². The van der Waals surface area contributed by atoms with Crippen LogP contribution < -0.4 is 0 Å². The van der Waals surface area contributed by atoms with Crippen molar-refractivity contribution in [1.82, 2.24) is 4.90 Å². The van der Waals surface area contributed by atoms with E-state index in [2.05, 4.69) is 31.6 Å². The van der Waals surface area contributed by atoms with E-state index < -0.39 is 0 Å². The van der Waals surface area contributed by atoms with Crippen molar-refractivity contribution in [3.8, 4) is 12.3 Å². The molecule has 1 atom stereocenters. The second-order valence-electron chi connectivity index (χ2n) is 4.52. The average molecular weight is 181 g/mol. The van der Waals surface area contributed by atoms with Crippen molar-refractivity contribution in [2.45, 2.75) is 38.8 Å². The molecule has 1 fully saturated rings. The highest BCUT2D eigenvalue weighted by molar-refractivity contribution is 4.91. The molecule has 1 aliphatic rings. The lowest BCUT2D eigenvalue weighted by atomic mass is 10.0. The number of morpholine rings is 1. The molecule has 0 aromatic heterocycles. The molecule has 2 heteroatoms. The molecule has 1 saturated heterocycles. The molecule has 0 aromatic rings. The third-order valence-corrected chi connectivity index (χ3v) is 2.43. The molecule has 13 heavy (non-hydrogen) atoms. The molecule has 0 radical (unpaired) electrons. The minimum atomic E-state index is 0.233. The van der Waals surface area contributed by atoms with Gasteiger partial charge in [0.15, 0.2) is 0 Å². The Kier molecular flexibility index (Phi) is 3.35. The van der Waals surface area contributed by atoms with Crippen LogP contribution >= 0.6 is 0 Å². The Morgan fingerprint density at radius 2 is 2.23 bits per heavy atom. The lowest BCUT2D eigenvalue weighted by molar-refractivity contribution is -0.0552. The molecular weight excluding hydrogens is 162 g/mol. The van der Waals surface area contributed by atoms with Crippen molar-refractivity contribution in [3.63, 3.8) is 0 Å². The van der Waals surface area contributed by atoms with Crippen LogP contribution in [0.25, 0.3) is 0 Å². The van der Waals surface area contributed by atoms with Crippen molar-refractivity contribution in [1.29, 1.82) is 0 Å². The average Bonchev–Trinajstić information content (AvgIpc) is 2.04. The van der Waals surface area contributed by atoms with Crippen LogP contribution in [0.3, 0.4) is 0 Å². The van der Waals surface area contributed by atoms with Crippen LogP contribution in [-0.4, -0.2) is 36.2 Å². The number of nitrogens with zero attached hydrogens (tertiary/aromatic N) is 1. The number of hydrogen-bond donors (Lipinski definition) is 0. The normalized spacial score (nSPS) is 25.5. The van der Waals surface area contributed by atoms with Crippen LogP contribution in [0.5, 0.6) is 0 Å². The van der Waals surface area contributed by atoms with E-state index in [9.17, 15) is 0 Å². The van der Waals surface area contributed by atoms with Gasteiger partial charge in [0.2, 0.25) is 0 Å². The Morgan fingerprint density at radius 3 is 2.77 bits per heavy atom. The molecule has 1 aliphatic heterocycles. The minimum Gasteiger partial charge on any atom is -0.375 e. The van der Waals surface area contributed by atoms with E-state index in [-0.39, 0.29) is 11.6 Å². The van der Waals surface area contributed by atoms with E-state index in [1.54, 1.807) is 0 Å². The molecule has 0 aliphatic carbocycles. The Balaban J connectivity index is 2.48. The van der Waals surface area contributed by atoms with E-state index in [0.717, 1.165) is 26.1 Å². The number of hydrogen-bond acceptors (Lipinski definition) is 2. The van der Waals surface area contributed by atoms with Crippen LogP contribution in [0, 0.1) is 12.3 Å². The second-order valence-corrected chi connectivity index (χ2v) is 4.52. The highest BCUT2D eigenvalue weighted by Crippen LogP contribution is 2.18. The van der Waals surface area contributed by atoms with Gasteiger partial charge in [-0.15, -0.1) is 12.3 Å². The van der Waals surface area contributed by atoms with Crippen molar-refractivity contribution in [3.05, 3.63) is 0 Å². The smallest absolute Gasteiger partial charge is 0.0811 e. The Bertz CT molecular complexity index is 199. The first kappa shape index (κ1) is 10.6. The maximum atomic E-state index is 5.56. The van der Waals surface area contributed by atoms with Gasteiger partial charge in [-0.05, 0) is 20.8 Å². The van der Waals surface area contributed by atoms with E-state index in [0.29, 0.717) is 0 Å². The summed E-state index contributed by atoms with van der Waals surface area (Å²) in [5.74, 6) is 2.66. The molecule has 0 saturated carbocycles. The fourth-order valence-electron chi connectivity index (χ4n) is 1.58. The summed E-state index contributed by atoms with van der Waals surface area (Å²) in [6, 6.07) is 0. The summed E-state index contributed by atoms with van der Waals surface area (Å²) in [4.78, 5) is 2.43. The van der Waals surface area contributed by atoms with Gasteiger partial charge in [-0.2, -0.15) is 0 Å². The third-order valence-electron chi connectivity index (χ3n) is 2.43. The van der Waals surface area contributed by atoms with E-state index in [4.69, 9.17) is 11.2 Å². The Hall–Kier alpha value is -0.520. The van der Waals surface area contributed by atoms with Crippen LogP contribution in [0.1, 0.15) is 27.2 Å². The molecule has 1 heterocycles. The van der Waals surface area contributed by atoms with Crippen molar-refractivity contribution >= 4 is 0 Å². The molecule has 1 unspecified atom stereocenters. The largest absolute Gasteiger partial charge is 0.375 e. The van der Waals surface area contributed by atoms with Gasteiger partial charge < -0.3 is 4.74 Å². The minimum absolute atomic E-state index is 0.233. The number of terminal acetylenes is 1. The van der Waals surface area contributed by atoms with Crippen molar-refractivity contribution < 1.29 is 4.74 Å². The van der Waals surface area contributed by atoms with E-state index >= 15 is 0 Å². The van der Waals surface area contributed by atoms with Crippen LogP contribution in [0.4, 0.5) is 0 Å². The molecule has 0 aromatic carbocycles. The lowest BCUT2D eigenvalue weighted by Gasteiger charge is -2.41. The number of ether oxygens (including phenoxy) is 1. The van der Waals surface area contributed by atoms with Crippen molar-refractivity contribution in [2.24, 2.45) is 0 Å². The fraction of sp³-hybridized carbons (Fsp3) is 0.818. The SMILES string of the molecule is C#CCC1CN(C(C)(C)C)CCO1. The predicted octanol–water partition coefficient (Wildman–Crippen LogP) is 1.51. The molecule has 2 nitrogen and oxygen atoms in total.